The van der Waals surface area contributed by atoms with Crippen molar-refractivity contribution < 1.29 is 24.0 Å². The van der Waals surface area contributed by atoms with Crippen LogP contribution in [-0.2, 0) is 20.9 Å². The maximum absolute atomic E-state index is 11.8. The highest BCUT2D eigenvalue weighted by atomic mass is 127. The van der Waals surface area contributed by atoms with Gasteiger partial charge in [0.1, 0.15) is 17.9 Å². The third-order valence-electron chi connectivity index (χ3n) is 2.43. The molecule has 0 saturated heterocycles. The monoisotopic (exact) mass is 436 g/mol. The highest BCUT2D eigenvalue weighted by molar-refractivity contribution is 14.1. The zero-order valence-electron chi connectivity index (χ0n) is 13.1. The molecular weight excluding hydrogens is 419 g/mol. The maximum atomic E-state index is 11.8. The van der Waals surface area contributed by atoms with Crippen molar-refractivity contribution in [2.45, 2.75) is 39.9 Å². The number of hydrogen-bond donors (Lipinski definition) is 1. The fourth-order valence-corrected chi connectivity index (χ4v) is 2.17. The molecule has 126 valence electrons. The predicted molar refractivity (Wildman–Crippen MR) is 91.1 cm³/mol. The average Bonchev–Trinajstić information content (AvgIpc) is 2.36. The van der Waals surface area contributed by atoms with Gasteiger partial charge in [-0.05, 0) is 49.4 Å². The highest BCUT2D eigenvalue weighted by Gasteiger charge is 2.22. The molecule has 0 aromatic heterocycles. The minimum absolute atomic E-state index is 0.0215. The van der Waals surface area contributed by atoms with Crippen LogP contribution >= 0.6 is 22.6 Å². The van der Waals surface area contributed by atoms with Gasteiger partial charge in [-0.1, -0.05) is 0 Å². The van der Waals surface area contributed by atoms with E-state index in [0.717, 1.165) is 0 Å². The Bertz CT molecular complexity index is 639. The summed E-state index contributed by atoms with van der Waals surface area (Å²) < 4.78 is 10.5. The van der Waals surface area contributed by atoms with Crippen molar-refractivity contribution in [2.24, 2.45) is 0 Å². The number of benzene rings is 1. The molecule has 0 saturated carbocycles. The molecule has 0 aliphatic rings. The molecule has 0 unspecified atom stereocenters. The Labute approximate surface area is 146 Å². The summed E-state index contributed by atoms with van der Waals surface area (Å²) in [5.41, 5.74) is -0.487. The minimum atomic E-state index is -0.805. The summed E-state index contributed by atoms with van der Waals surface area (Å²) in [4.78, 5) is 33.3. The van der Waals surface area contributed by atoms with Crippen LogP contribution in [0.5, 0.6) is 0 Å². The van der Waals surface area contributed by atoms with Crippen molar-refractivity contribution in [1.82, 2.24) is 0 Å². The first-order valence-electron chi connectivity index (χ1n) is 6.60. The van der Waals surface area contributed by atoms with Crippen LogP contribution in [0.1, 0.15) is 33.3 Å². The van der Waals surface area contributed by atoms with Crippen LogP contribution in [0.2, 0.25) is 0 Å². The van der Waals surface area contributed by atoms with Gasteiger partial charge in [0, 0.05) is 22.1 Å². The van der Waals surface area contributed by atoms with Gasteiger partial charge in [-0.25, -0.2) is 4.79 Å². The lowest BCUT2D eigenvalue weighted by molar-refractivity contribution is -0.384. The van der Waals surface area contributed by atoms with Crippen LogP contribution in [0.25, 0.3) is 0 Å². The van der Waals surface area contributed by atoms with Gasteiger partial charge < -0.3 is 9.47 Å². The predicted octanol–water partition coefficient (Wildman–Crippen LogP) is 3.61. The van der Waals surface area contributed by atoms with Crippen LogP contribution in [0.3, 0.4) is 0 Å². The van der Waals surface area contributed by atoms with Crippen molar-refractivity contribution in [3.05, 3.63) is 31.4 Å². The summed E-state index contributed by atoms with van der Waals surface area (Å²) >= 11 is 1.90. The summed E-state index contributed by atoms with van der Waals surface area (Å²) in [6.07, 6.45) is -0.805. The number of nitrogens with one attached hydrogen (secondary N) is 1. The number of anilines is 1. The molecular formula is C14H17IN2O6. The molecule has 8 nitrogen and oxygen atoms in total. The minimum Gasteiger partial charge on any atom is -0.461 e. The molecule has 0 atom stereocenters. The summed E-state index contributed by atoms with van der Waals surface area (Å²) in [7, 11) is 0. The molecule has 0 spiro atoms. The zero-order valence-corrected chi connectivity index (χ0v) is 15.3. The Kier molecular flexibility index (Phi) is 6.30. The quantitative estimate of drug-likeness (QED) is 0.335. The molecule has 1 aromatic carbocycles. The molecule has 0 bridgehead atoms. The number of carbonyl (C=O) groups excluding carboxylic acids is 2. The third-order valence-corrected chi connectivity index (χ3v) is 3.43. The van der Waals surface area contributed by atoms with Gasteiger partial charge >= 0.3 is 12.1 Å². The first-order valence-corrected chi connectivity index (χ1v) is 7.67. The molecule has 1 aromatic rings. The number of ether oxygens (including phenoxy) is 2. The number of nitro groups is 1. The number of esters is 1. The van der Waals surface area contributed by atoms with Crippen molar-refractivity contribution in [1.29, 1.82) is 0 Å². The molecule has 0 aliphatic carbocycles. The van der Waals surface area contributed by atoms with Gasteiger partial charge in [-0.2, -0.15) is 0 Å². The summed E-state index contributed by atoms with van der Waals surface area (Å²) in [5, 5.41) is 13.5. The lowest BCUT2D eigenvalue weighted by atomic mass is 10.2. The lowest BCUT2D eigenvalue weighted by Crippen LogP contribution is -2.27. The van der Waals surface area contributed by atoms with E-state index < -0.39 is 22.6 Å². The van der Waals surface area contributed by atoms with E-state index in [-0.39, 0.29) is 18.0 Å². The number of halogens is 1. The SMILES string of the molecule is CC(=O)OCc1cc(NC(=O)OC(C)(C)C)c([N+](=O)[O-])cc1I. The summed E-state index contributed by atoms with van der Waals surface area (Å²) in [6.45, 7) is 6.26. The van der Waals surface area contributed by atoms with Crippen LogP contribution in [0, 0.1) is 13.7 Å². The van der Waals surface area contributed by atoms with Crippen molar-refractivity contribution in [2.75, 3.05) is 5.32 Å². The van der Waals surface area contributed by atoms with Crippen LogP contribution < -0.4 is 5.32 Å². The number of rotatable bonds is 4. The van der Waals surface area contributed by atoms with Gasteiger partial charge in [0.05, 0.1) is 4.92 Å². The van der Waals surface area contributed by atoms with Gasteiger partial charge in [0.25, 0.3) is 5.69 Å². The standard InChI is InChI=1S/C14H17IN2O6/c1-8(18)22-7-9-5-11(12(17(20)21)6-10(9)15)16-13(19)23-14(2,3)4/h5-6H,7H2,1-4H3,(H,16,19). The molecule has 1 N–H and O–H groups in total. The number of nitrogens with zero attached hydrogens (tertiary/aromatic N) is 1. The molecule has 0 radical (unpaired) electrons. The third kappa shape index (κ3) is 6.38. The van der Waals surface area contributed by atoms with E-state index in [1.54, 1.807) is 20.8 Å². The first-order chi connectivity index (χ1) is 10.5. The van der Waals surface area contributed by atoms with E-state index in [2.05, 4.69) is 5.32 Å². The Morgan fingerprint density at radius 3 is 2.43 bits per heavy atom. The molecule has 0 fully saturated rings. The van der Waals surface area contributed by atoms with Gasteiger partial charge in [0.2, 0.25) is 0 Å². The topological polar surface area (TPSA) is 108 Å². The molecule has 1 amide bonds. The highest BCUT2D eigenvalue weighted by Crippen LogP contribution is 2.30. The molecule has 0 heterocycles. The first kappa shape index (κ1) is 19.1. The van der Waals surface area contributed by atoms with Crippen molar-refractivity contribution in [3.63, 3.8) is 0 Å². The smallest absolute Gasteiger partial charge is 0.412 e. The van der Waals surface area contributed by atoms with Gasteiger partial charge in [-0.15, -0.1) is 0 Å². The van der Waals surface area contributed by atoms with Crippen LogP contribution in [0.4, 0.5) is 16.2 Å². The summed E-state index contributed by atoms with van der Waals surface area (Å²) in [5.74, 6) is -0.471. The number of amides is 1. The molecule has 9 heteroatoms. The molecule has 23 heavy (non-hydrogen) atoms. The van der Waals surface area contributed by atoms with Gasteiger partial charge in [0.15, 0.2) is 0 Å². The molecule has 0 aliphatic heterocycles. The van der Waals surface area contributed by atoms with E-state index in [9.17, 15) is 19.7 Å². The van der Waals surface area contributed by atoms with Crippen molar-refractivity contribution in [3.8, 4) is 0 Å². The fraction of sp³-hybridized carbons (Fsp3) is 0.429. The largest absolute Gasteiger partial charge is 0.461 e. The maximum Gasteiger partial charge on any atom is 0.412 e. The number of nitro benzene ring substituents is 1. The van der Waals surface area contributed by atoms with Crippen LogP contribution in [0.15, 0.2) is 12.1 Å². The van der Waals surface area contributed by atoms with E-state index in [4.69, 9.17) is 9.47 Å². The summed E-state index contributed by atoms with van der Waals surface area (Å²) in [6, 6.07) is 2.69. The van der Waals surface area contributed by atoms with E-state index in [0.29, 0.717) is 9.13 Å². The van der Waals surface area contributed by atoms with E-state index in [1.807, 2.05) is 22.6 Å². The zero-order chi connectivity index (χ0) is 17.8. The fourth-order valence-electron chi connectivity index (χ4n) is 1.56. The Morgan fingerprint density at radius 2 is 1.96 bits per heavy atom. The van der Waals surface area contributed by atoms with E-state index >= 15 is 0 Å². The normalized spacial score (nSPS) is 10.8. The number of hydrogen-bond acceptors (Lipinski definition) is 6. The Morgan fingerprint density at radius 1 is 1.35 bits per heavy atom. The Balaban J connectivity index is 3.11. The van der Waals surface area contributed by atoms with Gasteiger partial charge in [-0.3, -0.25) is 20.2 Å². The second-order valence-corrected chi connectivity index (χ2v) is 6.79. The number of carbonyl (C=O) groups is 2. The Hall–Kier alpha value is -1.91. The second-order valence-electron chi connectivity index (χ2n) is 5.63. The van der Waals surface area contributed by atoms with E-state index in [1.165, 1.54) is 19.1 Å². The average molecular weight is 436 g/mol. The van der Waals surface area contributed by atoms with Crippen LogP contribution in [-0.4, -0.2) is 22.6 Å². The van der Waals surface area contributed by atoms with Crippen molar-refractivity contribution >= 4 is 46.0 Å². The molecule has 1 rings (SSSR count). The second kappa shape index (κ2) is 7.57. The lowest BCUT2D eigenvalue weighted by Gasteiger charge is -2.20.